The summed E-state index contributed by atoms with van der Waals surface area (Å²) in [6, 6.07) is 16.9. The van der Waals surface area contributed by atoms with Crippen LogP contribution >= 0.6 is 11.8 Å². The van der Waals surface area contributed by atoms with E-state index in [0.29, 0.717) is 23.2 Å². The van der Waals surface area contributed by atoms with Crippen molar-refractivity contribution >= 4 is 11.8 Å². The Bertz CT molecular complexity index is 1040. The number of thioether (sulfide) groups is 1. The summed E-state index contributed by atoms with van der Waals surface area (Å²) in [6.07, 6.45) is 0. The minimum absolute atomic E-state index is 0.0164. The van der Waals surface area contributed by atoms with E-state index in [1.807, 2.05) is 61.5 Å². The van der Waals surface area contributed by atoms with Gasteiger partial charge in [0.1, 0.15) is 23.1 Å². The molecule has 0 spiro atoms. The second kappa shape index (κ2) is 9.11. The Morgan fingerprint density at radius 1 is 1.11 bits per heavy atom. The van der Waals surface area contributed by atoms with Gasteiger partial charge >= 0.3 is 0 Å². The van der Waals surface area contributed by atoms with E-state index in [9.17, 15) is 10.1 Å². The molecule has 6 nitrogen and oxygen atoms in total. The van der Waals surface area contributed by atoms with Crippen LogP contribution in [0.25, 0.3) is 11.3 Å². The van der Waals surface area contributed by atoms with Gasteiger partial charge in [-0.05, 0) is 31.2 Å². The molecule has 3 aromatic rings. The fourth-order valence-corrected chi connectivity index (χ4v) is 3.20. The second-order valence-corrected chi connectivity index (χ2v) is 7.03. The van der Waals surface area contributed by atoms with E-state index < -0.39 is 5.56 Å². The fraction of sp³-hybridized carbons (Fsp3) is 0.190. The first-order valence-corrected chi connectivity index (χ1v) is 9.60. The summed E-state index contributed by atoms with van der Waals surface area (Å²) in [5.74, 6) is 2.10. The maximum Gasteiger partial charge on any atom is 0.270 e. The smallest absolute Gasteiger partial charge is 0.270 e. The zero-order chi connectivity index (χ0) is 19.9. The molecule has 142 valence electrons. The monoisotopic (exact) mass is 393 g/mol. The molecule has 0 aliphatic heterocycles. The van der Waals surface area contributed by atoms with Crippen LogP contribution in [0.1, 0.15) is 11.1 Å². The molecule has 7 heteroatoms. The van der Waals surface area contributed by atoms with Gasteiger partial charge in [-0.25, -0.2) is 4.98 Å². The summed E-state index contributed by atoms with van der Waals surface area (Å²) in [5, 5.41) is 9.79. The third-order valence-electron chi connectivity index (χ3n) is 3.98. The van der Waals surface area contributed by atoms with Crippen molar-refractivity contribution in [2.75, 3.05) is 19.5 Å². The quantitative estimate of drug-likeness (QED) is 0.373. The standard InChI is InChI=1S/C21H19N3O3S/c1-14-3-5-15(6-4-14)19-18(13-22)20(25)24-21(23-19)28-12-11-27-17-9-7-16(26-2)8-10-17/h3-10H,11-12H2,1-2H3,(H,23,24,25). The maximum absolute atomic E-state index is 12.3. The molecular formula is C21H19N3O3S. The van der Waals surface area contributed by atoms with Gasteiger partial charge in [0.05, 0.1) is 19.4 Å². The minimum Gasteiger partial charge on any atom is -0.497 e. The third-order valence-corrected chi connectivity index (χ3v) is 4.82. The SMILES string of the molecule is COc1ccc(OCCSc2nc(-c3ccc(C)cc3)c(C#N)c(=O)[nH]2)cc1. The van der Waals surface area contributed by atoms with Gasteiger partial charge in [0.15, 0.2) is 5.16 Å². The first kappa shape index (κ1) is 19.5. The lowest BCUT2D eigenvalue weighted by Gasteiger charge is -2.08. The van der Waals surface area contributed by atoms with Gasteiger partial charge in [-0.15, -0.1) is 0 Å². The topological polar surface area (TPSA) is 88.0 Å². The number of rotatable bonds is 7. The van der Waals surface area contributed by atoms with E-state index in [2.05, 4.69) is 9.97 Å². The first-order chi connectivity index (χ1) is 13.6. The number of methoxy groups -OCH3 is 1. The highest BCUT2D eigenvalue weighted by molar-refractivity contribution is 7.99. The van der Waals surface area contributed by atoms with Crippen molar-refractivity contribution in [1.29, 1.82) is 5.26 Å². The number of aromatic nitrogens is 2. The number of aromatic amines is 1. The van der Waals surface area contributed by atoms with Gasteiger partial charge in [-0.1, -0.05) is 41.6 Å². The van der Waals surface area contributed by atoms with Crippen molar-refractivity contribution in [3.05, 3.63) is 70.0 Å². The molecular weight excluding hydrogens is 374 g/mol. The van der Waals surface area contributed by atoms with E-state index in [4.69, 9.17) is 9.47 Å². The largest absolute Gasteiger partial charge is 0.497 e. The van der Waals surface area contributed by atoms with Crippen molar-refractivity contribution in [3.63, 3.8) is 0 Å². The fourth-order valence-electron chi connectivity index (χ4n) is 2.51. The van der Waals surface area contributed by atoms with Crippen molar-refractivity contribution in [2.24, 2.45) is 0 Å². The Hall–Kier alpha value is -3.24. The summed E-state index contributed by atoms with van der Waals surface area (Å²) in [7, 11) is 1.61. The van der Waals surface area contributed by atoms with Crippen molar-refractivity contribution < 1.29 is 9.47 Å². The zero-order valence-corrected chi connectivity index (χ0v) is 16.4. The van der Waals surface area contributed by atoms with Crippen LogP contribution in [0.15, 0.2) is 58.5 Å². The van der Waals surface area contributed by atoms with Crippen molar-refractivity contribution in [1.82, 2.24) is 9.97 Å². The lowest BCUT2D eigenvalue weighted by atomic mass is 10.1. The minimum atomic E-state index is -0.438. The lowest BCUT2D eigenvalue weighted by Crippen LogP contribution is -2.15. The Morgan fingerprint density at radius 3 is 2.43 bits per heavy atom. The van der Waals surface area contributed by atoms with Crippen LogP contribution in [0, 0.1) is 18.3 Å². The first-order valence-electron chi connectivity index (χ1n) is 8.62. The van der Waals surface area contributed by atoms with E-state index in [1.165, 1.54) is 11.8 Å². The molecule has 0 amide bonds. The van der Waals surface area contributed by atoms with Crippen LogP contribution < -0.4 is 15.0 Å². The predicted octanol–water partition coefficient (Wildman–Crippen LogP) is 3.80. The zero-order valence-electron chi connectivity index (χ0n) is 15.6. The Labute approximate surface area is 167 Å². The normalized spacial score (nSPS) is 10.3. The third kappa shape index (κ3) is 4.72. The predicted molar refractivity (Wildman–Crippen MR) is 109 cm³/mol. The Morgan fingerprint density at radius 2 is 1.79 bits per heavy atom. The van der Waals surface area contributed by atoms with Gasteiger partial charge in [0, 0.05) is 11.3 Å². The number of benzene rings is 2. The summed E-state index contributed by atoms with van der Waals surface area (Å²) >= 11 is 1.37. The molecule has 0 aliphatic rings. The van der Waals surface area contributed by atoms with Crippen LogP contribution in [0.2, 0.25) is 0 Å². The van der Waals surface area contributed by atoms with Crippen LogP contribution in [0.3, 0.4) is 0 Å². The average molecular weight is 393 g/mol. The molecule has 0 bridgehead atoms. The molecule has 1 heterocycles. The highest BCUT2D eigenvalue weighted by atomic mass is 32.2. The van der Waals surface area contributed by atoms with E-state index in [0.717, 1.165) is 22.6 Å². The molecule has 0 atom stereocenters. The van der Waals surface area contributed by atoms with E-state index in [1.54, 1.807) is 7.11 Å². The number of hydrogen-bond donors (Lipinski definition) is 1. The Kier molecular flexibility index (Phi) is 6.35. The number of H-pyrrole nitrogens is 1. The lowest BCUT2D eigenvalue weighted by molar-refractivity contribution is 0.342. The van der Waals surface area contributed by atoms with Crippen LogP contribution in [-0.4, -0.2) is 29.4 Å². The molecule has 0 radical (unpaired) electrons. The molecule has 0 aliphatic carbocycles. The van der Waals surface area contributed by atoms with Crippen molar-refractivity contribution in [2.45, 2.75) is 12.1 Å². The maximum atomic E-state index is 12.3. The molecule has 28 heavy (non-hydrogen) atoms. The van der Waals surface area contributed by atoms with Gasteiger partial charge in [0.2, 0.25) is 0 Å². The van der Waals surface area contributed by atoms with E-state index in [-0.39, 0.29) is 5.56 Å². The molecule has 0 fully saturated rings. The summed E-state index contributed by atoms with van der Waals surface area (Å²) < 4.78 is 10.8. The van der Waals surface area contributed by atoms with Crippen LogP contribution in [-0.2, 0) is 0 Å². The van der Waals surface area contributed by atoms with Crippen LogP contribution in [0.5, 0.6) is 11.5 Å². The van der Waals surface area contributed by atoms with Gasteiger partial charge in [-0.3, -0.25) is 4.79 Å². The summed E-state index contributed by atoms with van der Waals surface area (Å²) in [6.45, 7) is 2.42. The number of nitrogens with one attached hydrogen (secondary N) is 1. The van der Waals surface area contributed by atoms with Gasteiger partial charge in [0.25, 0.3) is 5.56 Å². The number of aryl methyl sites for hydroxylation is 1. The molecule has 1 N–H and O–H groups in total. The number of ether oxygens (including phenoxy) is 2. The van der Waals surface area contributed by atoms with E-state index >= 15 is 0 Å². The number of nitrogens with zero attached hydrogens (tertiary/aromatic N) is 2. The molecule has 2 aromatic carbocycles. The second-order valence-electron chi connectivity index (χ2n) is 5.94. The van der Waals surface area contributed by atoms with Gasteiger partial charge in [-0.2, -0.15) is 5.26 Å². The highest BCUT2D eigenvalue weighted by Gasteiger charge is 2.13. The molecule has 3 rings (SSSR count). The number of hydrogen-bond acceptors (Lipinski definition) is 6. The molecule has 0 saturated carbocycles. The number of nitriles is 1. The Balaban J connectivity index is 1.69. The molecule has 0 unspecified atom stereocenters. The summed E-state index contributed by atoms with van der Waals surface area (Å²) in [5.41, 5.74) is 1.81. The van der Waals surface area contributed by atoms with Crippen molar-refractivity contribution in [3.8, 4) is 28.8 Å². The molecule has 1 aromatic heterocycles. The average Bonchev–Trinajstić information content (AvgIpc) is 2.72. The summed E-state index contributed by atoms with van der Waals surface area (Å²) in [4.78, 5) is 19.4. The molecule has 0 saturated heterocycles. The highest BCUT2D eigenvalue weighted by Crippen LogP contribution is 2.23. The van der Waals surface area contributed by atoms with Gasteiger partial charge < -0.3 is 14.5 Å². The van der Waals surface area contributed by atoms with Crippen LogP contribution in [0.4, 0.5) is 0 Å².